The first-order chi connectivity index (χ1) is 4.81. The van der Waals surface area contributed by atoms with E-state index in [-0.39, 0.29) is 0 Å². The summed E-state index contributed by atoms with van der Waals surface area (Å²) < 4.78 is 0. The predicted octanol–water partition coefficient (Wildman–Crippen LogP) is 3.30. The molecule has 0 aliphatic heterocycles. The molecule has 0 unspecified atom stereocenters. The zero-order chi connectivity index (χ0) is 8.99. The van der Waals surface area contributed by atoms with Crippen LogP contribution in [-0.4, -0.2) is 10.9 Å². The maximum Gasteiger partial charge on any atom is 0.0537 e. The minimum atomic E-state index is 0.773. The van der Waals surface area contributed by atoms with Gasteiger partial charge in [0.05, 0.1) is 5.71 Å². The van der Waals surface area contributed by atoms with Crippen LogP contribution in [0.15, 0.2) is 5.16 Å². The molecule has 10 heavy (non-hydrogen) atoms. The molecular formula is C8H21NO. The van der Waals surface area contributed by atoms with E-state index in [1.165, 1.54) is 0 Å². The molecule has 64 valence electrons. The van der Waals surface area contributed by atoms with Crippen LogP contribution in [0.3, 0.4) is 0 Å². The van der Waals surface area contributed by atoms with E-state index in [9.17, 15) is 0 Å². The molecule has 0 aromatic rings. The number of oxime groups is 1. The maximum absolute atomic E-state index is 7.92. The first-order valence-electron chi connectivity index (χ1n) is 3.98. The van der Waals surface area contributed by atoms with Crippen molar-refractivity contribution in [3.8, 4) is 0 Å². The van der Waals surface area contributed by atoms with Crippen molar-refractivity contribution in [2.24, 2.45) is 5.16 Å². The van der Waals surface area contributed by atoms with Crippen molar-refractivity contribution in [2.75, 3.05) is 0 Å². The molecule has 2 heteroatoms. The van der Waals surface area contributed by atoms with Gasteiger partial charge in [-0.05, 0) is 13.3 Å². The van der Waals surface area contributed by atoms with Crippen LogP contribution in [0, 0.1) is 0 Å². The summed E-state index contributed by atoms with van der Waals surface area (Å²) in [6.07, 6.45) is 0.830. The first-order valence-corrected chi connectivity index (χ1v) is 3.98. The maximum atomic E-state index is 7.92. The second kappa shape index (κ2) is 23.7. The van der Waals surface area contributed by atoms with Crippen molar-refractivity contribution < 1.29 is 5.21 Å². The highest BCUT2D eigenvalue weighted by Crippen LogP contribution is 1.78. The summed E-state index contributed by atoms with van der Waals surface area (Å²) in [5, 5.41) is 10.8. The quantitative estimate of drug-likeness (QED) is 0.344. The van der Waals surface area contributed by atoms with Gasteiger partial charge in [-0.2, -0.15) is 0 Å². The van der Waals surface area contributed by atoms with Gasteiger partial charge in [-0.1, -0.05) is 39.8 Å². The van der Waals surface area contributed by atoms with E-state index in [1.54, 1.807) is 6.92 Å². The normalized spacial score (nSPS) is 8.40. The Hall–Kier alpha value is -0.530. The lowest BCUT2D eigenvalue weighted by Gasteiger charge is -1.81. The van der Waals surface area contributed by atoms with E-state index in [0.29, 0.717) is 0 Å². The van der Waals surface area contributed by atoms with E-state index in [0.717, 1.165) is 12.1 Å². The fourth-order valence-electron chi connectivity index (χ4n) is 0.0707. The molecule has 0 fully saturated rings. The van der Waals surface area contributed by atoms with Gasteiger partial charge in [0.15, 0.2) is 0 Å². The van der Waals surface area contributed by atoms with E-state index in [2.05, 4.69) is 5.16 Å². The van der Waals surface area contributed by atoms with Gasteiger partial charge in [0.2, 0.25) is 0 Å². The average Bonchev–Trinajstić information content (AvgIpc) is 2.10. The molecule has 0 saturated carbocycles. The number of hydrogen-bond donors (Lipinski definition) is 1. The molecule has 0 saturated heterocycles. The van der Waals surface area contributed by atoms with Crippen LogP contribution in [0.25, 0.3) is 0 Å². The minimum Gasteiger partial charge on any atom is -0.411 e. The Morgan fingerprint density at radius 3 is 1.50 bits per heavy atom. The van der Waals surface area contributed by atoms with Crippen molar-refractivity contribution in [1.82, 2.24) is 0 Å². The molecule has 0 heterocycles. The van der Waals surface area contributed by atoms with Gasteiger partial charge in [-0.15, -0.1) is 0 Å². The van der Waals surface area contributed by atoms with Crippen molar-refractivity contribution in [3.05, 3.63) is 0 Å². The first kappa shape index (κ1) is 16.2. The Kier molecular flexibility index (Phi) is 38.4. The third-order valence-corrected chi connectivity index (χ3v) is 0.682. The molecular weight excluding hydrogens is 126 g/mol. The Morgan fingerprint density at radius 2 is 1.50 bits per heavy atom. The van der Waals surface area contributed by atoms with Crippen LogP contribution in [0.5, 0.6) is 0 Å². The zero-order valence-electron chi connectivity index (χ0n) is 8.10. The highest BCUT2D eigenvalue weighted by molar-refractivity contribution is 5.80. The zero-order valence-corrected chi connectivity index (χ0v) is 8.10. The summed E-state index contributed by atoms with van der Waals surface area (Å²) in [4.78, 5) is 0. The van der Waals surface area contributed by atoms with Crippen LogP contribution in [0.4, 0.5) is 0 Å². The van der Waals surface area contributed by atoms with E-state index in [1.807, 2.05) is 34.6 Å². The lowest BCUT2D eigenvalue weighted by atomic mass is 10.3. The Morgan fingerprint density at radius 1 is 1.20 bits per heavy atom. The topological polar surface area (TPSA) is 32.6 Å². The highest BCUT2D eigenvalue weighted by atomic mass is 16.4. The lowest BCUT2D eigenvalue weighted by molar-refractivity contribution is 0.317. The molecule has 0 spiro atoms. The molecule has 0 aromatic heterocycles. The van der Waals surface area contributed by atoms with E-state index < -0.39 is 0 Å². The fraction of sp³-hybridized carbons (Fsp3) is 0.875. The molecule has 0 radical (unpaired) electrons. The van der Waals surface area contributed by atoms with Gasteiger partial charge in [-0.3, -0.25) is 0 Å². The highest BCUT2D eigenvalue weighted by Gasteiger charge is 1.77. The van der Waals surface area contributed by atoms with Gasteiger partial charge in [0.25, 0.3) is 0 Å². The molecule has 0 bridgehead atoms. The van der Waals surface area contributed by atoms with Crippen LogP contribution < -0.4 is 0 Å². The van der Waals surface area contributed by atoms with Gasteiger partial charge in [0.1, 0.15) is 0 Å². The monoisotopic (exact) mass is 147 g/mol. The summed E-state index contributed by atoms with van der Waals surface area (Å²) in [6.45, 7) is 11.7. The van der Waals surface area contributed by atoms with Crippen LogP contribution in [0.1, 0.15) is 48.0 Å². The molecule has 1 N–H and O–H groups in total. The van der Waals surface area contributed by atoms with Gasteiger partial charge in [-0.25, -0.2) is 0 Å². The van der Waals surface area contributed by atoms with Crippen molar-refractivity contribution in [3.63, 3.8) is 0 Å². The van der Waals surface area contributed by atoms with Crippen molar-refractivity contribution >= 4 is 5.71 Å². The van der Waals surface area contributed by atoms with Gasteiger partial charge >= 0.3 is 0 Å². The molecule has 0 amide bonds. The lowest BCUT2D eigenvalue weighted by Crippen LogP contribution is -1.83. The van der Waals surface area contributed by atoms with E-state index in [4.69, 9.17) is 5.21 Å². The van der Waals surface area contributed by atoms with Crippen molar-refractivity contribution in [1.29, 1.82) is 0 Å². The van der Waals surface area contributed by atoms with E-state index >= 15 is 0 Å². The van der Waals surface area contributed by atoms with Gasteiger partial charge in [0, 0.05) is 0 Å². The minimum absolute atomic E-state index is 0.773. The molecule has 2 nitrogen and oxygen atoms in total. The molecule has 0 aliphatic rings. The predicted molar refractivity (Wildman–Crippen MR) is 47.9 cm³/mol. The Balaban J connectivity index is -0.000000105. The third kappa shape index (κ3) is 26.0. The standard InChI is InChI=1S/C4H9NO.2C2H6/c1-3-4(2)5-6;2*1-2/h6H,3H2,1-2H3;2*1-2H3/b5-4+;;. The summed E-state index contributed by atoms with van der Waals surface area (Å²) >= 11 is 0. The second-order valence-corrected chi connectivity index (χ2v) is 1.19. The van der Waals surface area contributed by atoms with Crippen LogP contribution in [0.2, 0.25) is 0 Å². The molecule has 0 aliphatic carbocycles. The second-order valence-electron chi connectivity index (χ2n) is 1.19. The molecule has 0 rings (SSSR count). The number of rotatable bonds is 1. The van der Waals surface area contributed by atoms with Crippen LogP contribution >= 0.6 is 0 Å². The number of nitrogens with zero attached hydrogens (tertiary/aromatic N) is 1. The Bertz CT molecular complexity index is 60.3. The molecule has 0 atom stereocenters. The van der Waals surface area contributed by atoms with Crippen molar-refractivity contribution in [2.45, 2.75) is 48.0 Å². The summed E-state index contributed by atoms with van der Waals surface area (Å²) in [7, 11) is 0. The van der Waals surface area contributed by atoms with Gasteiger partial charge < -0.3 is 5.21 Å². The largest absolute Gasteiger partial charge is 0.411 e. The SMILES string of the molecule is CC.CC.CC/C(C)=N/O. The number of hydrogen-bond acceptors (Lipinski definition) is 2. The fourth-order valence-corrected chi connectivity index (χ4v) is 0.0707. The average molecular weight is 147 g/mol. The Labute approximate surface area is 64.9 Å². The summed E-state index contributed by atoms with van der Waals surface area (Å²) in [5.74, 6) is 0. The smallest absolute Gasteiger partial charge is 0.0537 e. The summed E-state index contributed by atoms with van der Waals surface area (Å²) in [5.41, 5.74) is 0.773. The summed E-state index contributed by atoms with van der Waals surface area (Å²) in [6, 6.07) is 0. The molecule has 0 aromatic carbocycles. The van der Waals surface area contributed by atoms with Crippen LogP contribution in [-0.2, 0) is 0 Å². The third-order valence-electron chi connectivity index (χ3n) is 0.682.